The summed E-state index contributed by atoms with van der Waals surface area (Å²) in [4.78, 5) is 26.6. The highest BCUT2D eigenvalue weighted by Gasteiger charge is 2.09. The maximum atomic E-state index is 11.7. The molecule has 0 spiro atoms. The number of nitrogens with two attached hydrogens (primary N) is 1. The number of carbonyl (C=O) groups is 2. The van der Waals surface area contributed by atoms with E-state index in [1.165, 1.54) is 11.3 Å². The summed E-state index contributed by atoms with van der Waals surface area (Å²) in [5.74, 6) is -0.129. The summed E-state index contributed by atoms with van der Waals surface area (Å²) >= 11 is 1.24. The van der Waals surface area contributed by atoms with Crippen molar-refractivity contribution in [1.29, 1.82) is 0 Å². The standard InChI is InChI=1S/C14H15N3O3S/c1-9-3-2-4-11(5-9)20-7-13(19)17-14-16-10(8-21-14)6-12(15)18/h2-5,8H,6-7H2,1H3,(H2,15,18)(H,16,17,19). The summed E-state index contributed by atoms with van der Waals surface area (Å²) in [5.41, 5.74) is 6.68. The van der Waals surface area contributed by atoms with Crippen LogP contribution in [0.1, 0.15) is 11.3 Å². The quantitative estimate of drug-likeness (QED) is 0.845. The first-order chi connectivity index (χ1) is 10.0. The topological polar surface area (TPSA) is 94.3 Å². The van der Waals surface area contributed by atoms with Crippen molar-refractivity contribution in [3.05, 3.63) is 40.9 Å². The summed E-state index contributed by atoms with van der Waals surface area (Å²) in [5, 5.41) is 4.71. The first-order valence-corrected chi connectivity index (χ1v) is 7.13. The van der Waals surface area contributed by atoms with Gasteiger partial charge in [-0.15, -0.1) is 11.3 Å². The highest BCUT2D eigenvalue weighted by molar-refractivity contribution is 7.13. The van der Waals surface area contributed by atoms with E-state index in [2.05, 4.69) is 10.3 Å². The Morgan fingerprint density at radius 2 is 2.24 bits per heavy atom. The maximum absolute atomic E-state index is 11.7. The van der Waals surface area contributed by atoms with Gasteiger partial charge in [-0.25, -0.2) is 4.98 Å². The summed E-state index contributed by atoms with van der Waals surface area (Å²) in [6, 6.07) is 7.44. The third-order valence-electron chi connectivity index (χ3n) is 2.51. The number of thiazole rings is 1. The Morgan fingerprint density at radius 3 is 2.95 bits per heavy atom. The van der Waals surface area contributed by atoms with Gasteiger partial charge in [0.15, 0.2) is 11.7 Å². The molecule has 0 radical (unpaired) electrons. The normalized spacial score (nSPS) is 10.1. The fourth-order valence-electron chi connectivity index (χ4n) is 1.63. The summed E-state index contributed by atoms with van der Waals surface area (Å²) in [7, 11) is 0. The zero-order valence-electron chi connectivity index (χ0n) is 11.5. The SMILES string of the molecule is Cc1cccc(OCC(=O)Nc2nc(CC(N)=O)cs2)c1. The molecule has 0 bridgehead atoms. The van der Waals surface area contributed by atoms with Crippen molar-refractivity contribution in [3.63, 3.8) is 0 Å². The minimum Gasteiger partial charge on any atom is -0.484 e. The van der Waals surface area contributed by atoms with Crippen LogP contribution in [0.4, 0.5) is 5.13 Å². The van der Waals surface area contributed by atoms with E-state index < -0.39 is 5.91 Å². The van der Waals surface area contributed by atoms with Gasteiger partial charge >= 0.3 is 0 Å². The predicted octanol–water partition coefficient (Wildman–Crippen LogP) is 1.50. The molecular formula is C14H15N3O3S. The van der Waals surface area contributed by atoms with Crippen molar-refractivity contribution in [1.82, 2.24) is 4.98 Å². The molecular weight excluding hydrogens is 290 g/mol. The van der Waals surface area contributed by atoms with Crippen LogP contribution in [0.5, 0.6) is 5.75 Å². The second kappa shape index (κ2) is 6.85. The van der Waals surface area contributed by atoms with Gasteiger partial charge in [0, 0.05) is 5.38 Å². The first kappa shape index (κ1) is 15.0. The van der Waals surface area contributed by atoms with Gasteiger partial charge in [0.1, 0.15) is 5.75 Å². The molecule has 2 rings (SSSR count). The third-order valence-corrected chi connectivity index (χ3v) is 3.32. The molecule has 0 atom stereocenters. The average Bonchev–Trinajstić information content (AvgIpc) is 2.83. The lowest BCUT2D eigenvalue weighted by Crippen LogP contribution is -2.20. The monoisotopic (exact) mass is 305 g/mol. The number of nitrogens with zero attached hydrogens (tertiary/aromatic N) is 1. The Balaban J connectivity index is 1.84. The number of hydrogen-bond donors (Lipinski definition) is 2. The molecule has 6 nitrogen and oxygen atoms in total. The van der Waals surface area contributed by atoms with Crippen LogP contribution in [0, 0.1) is 6.92 Å². The molecule has 3 N–H and O–H groups in total. The second-order valence-electron chi connectivity index (χ2n) is 4.44. The number of aromatic nitrogens is 1. The largest absolute Gasteiger partial charge is 0.484 e. The van der Waals surface area contributed by atoms with Crippen molar-refractivity contribution >= 4 is 28.3 Å². The van der Waals surface area contributed by atoms with Crippen LogP contribution in [0.2, 0.25) is 0 Å². The lowest BCUT2D eigenvalue weighted by molar-refractivity contribution is -0.118. The van der Waals surface area contributed by atoms with Gasteiger partial charge in [0.05, 0.1) is 12.1 Å². The molecule has 110 valence electrons. The number of amides is 2. The average molecular weight is 305 g/mol. The Morgan fingerprint density at radius 1 is 1.43 bits per heavy atom. The van der Waals surface area contributed by atoms with Gasteiger partial charge in [-0.1, -0.05) is 12.1 Å². The molecule has 1 aromatic heterocycles. The molecule has 0 aliphatic rings. The van der Waals surface area contributed by atoms with Gasteiger partial charge in [0.25, 0.3) is 5.91 Å². The molecule has 0 unspecified atom stereocenters. The zero-order valence-corrected chi connectivity index (χ0v) is 12.3. The molecule has 0 saturated heterocycles. The zero-order chi connectivity index (χ0) is 15.2. The van der Waals surface area contributed by atoms with Crippen molar-refractivity contribution in [2.24, 2.45) is 5.73 Å². The minimum absolute atomic E-state index is 0.0617. The van der Waals surface area contributed by atoms with Crippen molar-refractivity contribution < 1.29 is 14.3 Å². The van der Waals surface area contributed by atoms with Crippen LogP contribution in [-0.4, -0.2) is 23.4 Å². The lowest BCUT2D eigenvalue weighted by Gasteiger charge is -2.06. The van der Waals surface area contributed by atoms with Crippen molar-refractivity contribution in [3.8, 4) is 5.75 Å². The van der Waals surface area contributed by atoms with Gasteiger partial charge < -0.3 is 10.5 Å². The van der Waals surface area contributed by atoms with E-state index in [-0.39, 0.29) is 18.9 Å². The van der Waals surface area contributed by atoms with E-state index in [9.17, 15) is 9.59 Å². The van der Waals surface area contributed by atoms with Crippen LogP contribution >= 0.6 is 11.3 Å². The van der Waals surface area contributed by atoms with E-state index in [0.29, 0.717) is 16.6 Å². The molecule has 0 saturated carbocycles. The molecule has 7 heteroatoms. The Kier molecular flexibility index (Phi) is 4.89. The number of aryl methyl sites for hydroxylation is 1. The fourth-order valence-corrected chi connectivity index (χ4v) is 2.36. The van der Waals surface area contributed by atoms with Gasteiger partial charge in [-0.05, 0) is 24.6 Å². The smallest absolute Gasteiger partial charge is 0.264 e. The van der Waals surface area contributed by atoms with Crippen LogP contribution in [0.25, 0.3) is 0 Å². The molecule has 1 heterocycles. The second-order valence-corrected chi connectivity index (χ2v) is 5.30. The fraction of sp³-hybridized carbons (Fsp3) is 0.214. The number of primary amides is 1. The molecule has 1 aromatic carbocycles. The van der Waals surface area contributed by atoms with E-state index in [1.807, 2.05) is 25.1 Å². The molecule has 0 aliphatic heterocycles. The Labute approximate surface area is 125 Å². The van der Waals surface area contributed by atoms with Crippen molar-refractivity contribution in [2.45, 2.75) is 13.3 Å². The molecule has 0 fully saturated rings. The third kappa shape index (κ3) is 4.88. The van der Waals surface area contributed by atoms with E-state index in [4.69, 9.17) is 10.5 Å². The first-order valence-electron chi connectivity index (χ1n) is 6.25. The number of carbonyl (C=O) groups excluding carboxylic acids is 2. The van der Waals surface area contributed by atoms with Crippen molar-refractivity contribution in [2.75, 3.05) is 11.9 Å². The molecule has 2 amide bonds. The number of nitrogens with one attached hydrogen (secondary N) is 1. The predicted molar refractivity (Wildman–Crippen MR) is 80.3 cm³/mol. The highest BCUT2D eigenvalue weighted by Crippen LogP contribution is 2.16. The summed E-state index contributed by atoms with van der Waals surface area (Å²) < 4.78 is 5.38. The van der Waals surface area contributed by atoms with Crippen LogP contribution in [0.15, 0.2) is 29.6 Å². The number of hydrogen-bond acceptors (Lipinski definition) is 5. The van der Waals surface area contributed by atoms with Crippen LogP contribution in [0.3, 0.4) is 0 Å². The highest BCUT2D eigenvalue weighted by atomic mass is 32.1. The lowest BCUT2D eigenvalue weighted by atomic mass is 10.2. The van der Waals surface area contributed by atoms with E-state index in [1.54, 1.807) is 11.4 Å². The minimum atomic E-state index is -0.457. The van der Waals surface area contributed by atoms with Crippen LogP contribution < -0.4 is 15.8 Å². The maximum Gasteiger partial charge on any atom is 0.264 e. The van der Waals surface area contributed by atoms with Gasteiger partial charge in [-0.3, -0.25) is 14.9 Å². The van der Waals surface area contributed by atoms with E-state index in [0.717, 1.165) is 5.56 Å². The Hall–Kier alpha value is -2.41. The molecule has 2 aromatic rings. The molecule has 0 aliphatic carbocycles. The number of ether oxygens (including phenoxy) is 1. The van der Waals surface area contributed by atoms with Gasteiger partial charge in [-0.2, -0.15) is 0 Å². The van der Waals surface area contributed by atoms with Crippen LogP contribution in [-0.2, 0) is 16.0 Å². The summed E-state index contributed by atoms with van der Waals surface area (Å²) in [6.45, 7) is 1.84. The van der Waals surface area contributed by atoms with E-state index >= 15 is 0 Å². The summed E-state index contributed by atoms with van der Waals surface area (Å²) in [6.07, 6.45) is 0.0617. The number of rotatable bonds is 6. The van der Waals surface area contributed by atoms with Gasteiger partial charge in [0.2, 0.25) is 5.91 Å². The molecule has 21 heavy (non-hydrogen) atoms. The number of anilines is 1. The Bertz CT molecular complexity index is 654. The number of benzene rings is 1.